The highest BCUT2D eigenvalue weighted by atomic mass is 16.6. The van der Waals surface area contributed by atoms with Gasteiger partial charge in [0.25, 0.3) is 5.69 Å². The van der Waals surface area contributed by atoms with Gasteiger partial charge < -0.3 is 10.0 Å². The highest BCUT2D eigenvalue weighted by molar-refractivity contribution is 5.85. The number of hydrogen-bond acceptors (Lipinski definition) is 4. The van der Waals surface area contributed by atoms with E-state index in [1.807, 2.05) is 13.8 Å². The Kier molecular flexibility index (Phi) is 4.63. The molecule has 6 heteroatoms. The lowest BCUT2D eigenvalue weighted by Gasteiger charge is -2.23. The number of nitro benzene ring substituents is 1. The van der Waals surface area contributed by atoms with Crippen molar-refractivity contribution in [3.8, 4) is 0 Å². The van der Waals surface area contributed by atoms with Crippen LogP contribution in [0.5, 0.6) is 0 Å². The molecule has 1 N–H and O–H groups in total. The molecule has 0 aliphatic rings. The molecule has 0 spiro atoms. The van der Waals surface area contributed by atoms with Crippen LogP contribution in [0.4, 0.5) is 11.4 Å². The number of carboxylic acid groups (broad SMARTS) is 1. The van der Waals surface area contributed by atoms with Gasteiger partial charge in [0.1, 0.15) is 5.69 Å². The van der Waals surface area contributed by atoms with Crippen molar-refractivity contribution in [2.45, 2.75) is 19.9 Å². The summed E-state index contributed by atoms with van der Waals surface area (Å²) in [4.78, 5) is 22.8. The highest BCUT2D eigenvalue weighted by Gasteiger charge is 2.18. The van der Waals surface area contributed by atoms with Crippen LogP contribution in [0.15, 0.2) is 24.3 Å². The second-order valence-electron chi connectivity index (χ2n) is 4.38. The largest absolute Gasteiger partial charge is 0.478 e. The van der Waals surface area contributed by atoms with Gasteiger partial charge in [-0.25, -0.2) is 4.79 Å². The molecule has 0 bridgehead atoms. The fourth-order valence-corrected chi connectivity index (χ4v) is 1.53. The first-order valence-corrected chi connectivity index (χ1v) is 5.75. The number of nitrogens with zero attached hydrogens (tertiary/aromatic N) is 2. The molecular weight excluding hydrogens is 248 g/mol. The molecule has 19 heavy (non-hydrogen) atoms. The van der Waals surface area contributed by atoms with Crippen molar-refractivity contribution in [1.29, 1.82) is 0 Å². The molecule has 0 saturated heterocycles. The number of nitro groups is 1. The van der Waals surface area contributed by atoms with Crippen LogP contribution in [0.25, 0.3) is 6.08 Å². The second-order valence-corrected chi connectivity index (χ2v) is 4.38. The van der Waals surface area contributed by atoms with E-state index in [9.17, 15) is 14.9 Å². The van der Waals surface area contributed by atoms with Crippen molar-refractivity contribution in [2.24, 2.45) is 0 Å². The monoisotopic (exact) mass is 264 g/mol. The zero-order chi connectivity index (χ0) is 14.6. The Hall–Kier alpha value is -2.37. The third-order valence-corrected chi connectivity index (χ3v) is 2.77. The van der Waals surface area contributed by atoms with Gasteiger partial charge in [-0.2, -0.15) is 0 Å². The molecule has 1 rings (SSSR count). The van der Waals surface area contributed by atoms with Gasteiger partial charge in [-0.1, -0.05) is 6.07 Å². The zero-order valence-corrected chi connectivity index (χ0v) is 11.0. The maximum atomic E-state index is 11.1. The van der Waals surface area contributed by atoms with Gasteiger partial charge in [0.05, 0.1) is 4.92 Å². The molecule has 0 amide bonds. The van der Waals surface area contributed by atoms with Crippen molar-refractivity contribution in [3.63, 3.8) is 0 Å². The fourth-order valence-electron chi connectivity index (χ4n) is 1.53. The van der Waals surface area contributed by atoms with Gasteiger partial charge in [-0.15, -0.1) is 0 Å². The van der Waals surface area contributed by atoms with Crippen molar-refractivity contribution in [1.82, 2.24) is 0 Å². The number of carbonyl (C=O) groups is 1. The molecule has 0 fully saturated rings. The van der Waals surface area contributed by atoms with Gasteiger partial charge in [0, 0.05) is 25.2 Å². The smallest absolute Gasteiger partial charge is 0.328 e. The van der Waals surface area contributed by atoms with Crippen LogP contribution in [0.2, 0.25) is 0 Å². The number of aliphatic carboxylic acids is 1. The normalized spacial score (nSPS) is 10.9. The summed E-state index contributed by atoms with van der Waals surface area (Å²) in [6.07, 6.45) is 2.28. The standard InChI is InChI=1S/C13H16N2O4/c1-9(2)14(3)11-6-4-10(5-7-13(16)17)8-12(11)15(18)19/h4-9H,1-3H3,(H,16,17)/b7-5+. The molecule has 0 aliphatic heterocycles. The number of carboxylic acids is 1. The lowest BCUT2D eigenvalue weighted by molar-refractivity contribution is -0.384. The van der Waals surface area contributed by atoms with Crippen LogP contribution >= 0.6 is 0 Å². The average Bonchev–Trinajstić information content (AvgIpc) is 2.34. The number of anilines is 1. The minimum absolute atomic E-state index is 0.0382. The Bertz CT molecular complexity index is 523. The second kappa shape index (κ2) is 5.99. The van der Waals surface area contributed by atoms with E-state index in [-0.39, 0.29) is 11.7 Å². The molecule has 1 aromatic rings. The number of benzene rings is 1. The van der Waals surface area contributed by atoms with Gasteiger partial charge in [0.2, 0.25) is 0 Å². The summed E-state index contributed by atoms with van der Waals surface area (Å²) in [5.41, 5.74) is 0.950. The van der Waals surface area contributed by atoms with Crippen LogP contribution in [0, 0.1) is 10.1 Å². The number of hydrogen-bond donors (Lipinski definition) is 1. The molecule has 0 aromatic heterocycles. The topological polar surface area (TPSA) is 83.7 Å². The summed E-state index contributed by atoms with van der Waals surface area (Å²) in [7, 11) is 1.78. The van der Waals surface area contributed by atoms with E-state index in [4.69, 9.17) is 5.11 Å². The first-order chi connectivity index (χ1) is 8.82. The molecule has 6 nitrogen and oxygen atoms in total. The van der Waals surface area contributed by atoms with Crippen LogP contribution in [-0.2, 0) is 4.79 Å². The third kappa shape index (κ3) is 3.80. The van der Waals surface area contributed by atoms with Gasteiger partial charge in [-0.05, 0) is 31.6 Å². The molecular formula is C13H16N2O4. The summed E-state index contributed by atoms with van der Waals surface area (Å²) in [5.74, 6) is -1.09. The lowest BCUT2D eigenvalue weighted by Crippen LogP contribution is -2.26. The molecule has 102 valence electrons. The van der Waals surface area contributed by atoms with Crippen LogP contribution in [0.3, 0.4) is 0 Å². The maximum absolute atomic E-state index is 11.1. The molecule has 0 unspecified atom stereocenters. The van der Waals surface area contributed by atoms with E-state index in [0.717, 1.165) is 6.08 Å². The lowest BCUT2D eigenvalue weighted by atomic mass is 10.1. The van der Waals surface area contributed by atoms with E-state index in [1.165, 1.54) is 12.1 Å². The SMILES string of the molecule is CC(C)N(C)c1ccc(/C=C/C(=O)O)cc1[N+](=O)[O-]. The zero-order valence-electron chi connectivity index (χ0n) is 11.0. The first-order valence-electron chi connectivity index (χ1n) is 5.75. The molecule has 0 atom stereocenters. The summed E-state index contributed by atoms with van der Waals surface area (Å²) in [6.45, 7) is 3.87. The Balaban J connectivity index is 3.22. The Labute approximate surface area is 111 Å². The summed E-state index contributed by atoms with van der Waals surface area (Å²) >= 11 is 0. The van der Waals surface area contributed by atoms with Crippen molar-refractivity contribution in [2.75, 3.05) is 11.9 Å². The molecule has 0 saturated carbocycles. The number of rotatable bonds is 5. The van der Waals surface area contributed by atoms with Gasteiger partial charge in [0.15, 0.2) is 0 Å². The summed E-state index contributed by atoms with van der Waals surface area (Å²) < 4.78 is 0. The predicted molar refractivity (Wildman–Crippen MR) is 73.3 cm³/mol. The minimum atomic E-state index is -1.09. The quantitative estimate of drug-likeness (QED) is 0.502. The van der Waals surface area contributed by atoms with Gasteiger partial charge >= 0.3 is 5.97 Å². The minimum Gasteiger partial charge on any atom is -0.478 e. The molecule has 0 aliphatic carbocycles. The Morgan fingerprint density at radius 1 is 1.47 bits per heavy atom. The summed E-state index contributed by atoms with van der Waals surface area (Å²) in [5, 5.41) is 19.6. The van der Waals surface area contributed by atoms with Crippen molar-refractivity contribution < 1.29 is 14.8 Å². The highest BCUT2D eigenvalue weighted by Crippen LogP contribution is 2.30. The van der Waals surface area contributed by atoms with Crippen molar-refractivity contribution in [3.05, 3.63) is 40.0 Å². The van der Waals surface area contributed by atoms with Crippen LogP contribution < -0.4 is 4.90 Å². The van der Waals surface area contributed by atoms with E-state index < -0.39 is 10.9 Å². The van der Waals surface area contributed by atoms with Crippen molar-refractivity contribution >= 4 is 23.4 Å². The van der Waals surface area contributed by atoms with E-state index in [0.29, 0.717) is 11.3 Å². The van der Waals surface area contributed by atoms with Crippen LogP contribution in [0.1, 0.15) is 19.4 Å². The molecule has 0 heterocycles. The fraction of sp³-hybridized carbons (Fsp3) is 0.308. The summed E-state index contributed by atoms with van der Waals surface area (Å²) in [6, 6.07) is 4.77. The van der Waals surface area contributed by atoms with Gasteiger partial charge in [-0.3, -0.25) is 10.1 Å². The first kappa shape index (κ1) is 14.7. The average molecular weight is 264 g/mol. The Morgan fingerprint density at radius 2 is 2.11 bits per heavy atom. The molecule has 0 radical (unpaired) electrons. The maximum Gasteiger partial charge on any atom is 0.328 e. The predicted octanol–water partition coefficient (Wildman–Crippen LogP) is 2.54. The van der Waals surface area contributed by atoms with Crippen LogP contribution in [-0.4, -0.2) is 29.1 Å². The van der Waals surface area contributed by atoms with E-state index >= 15 is 0 Å². The molecule has 1 aromatic carbocycles. The Morgan fingerprint density at radius 3 is 2.58 bits per heavy atom. The third-order valence-electron chi connectivity index (χ3n) is 2.77. The van der Waals surface area contributed by atoms with E-state index in [2.05, 4.69) is 0 Å². The van der Waals surface area contributed by atoms with E-state index in [1.54, 1.807) is 24.1 Å².